The Labute approximate surface area is 161 Å². The summed E-state index contributed by atoms with van der Waals surface area (Å²) in [7, 11) is -0.948. The molecule has 1 saturated carbocycles. The van der Waals surface area contributed by atoms with Crippen molar-refractivity contribution in [3.05, 3.63) is 47.8 Å². The number of hydrogen-bond acceptors (Lipinski definition) is 6. The Morgan fingerprint density at radius 2 is 1.79 bits per heavy atom. The van der Waals surface area contributed by atoms with Crippen LogP contribution in [-0.2, 0) is 14.6 Å². The van der Waals surface area contributed by atoms with Gasteiger partial charge in [0, 0.05) is 12.1 Å². The largest absolute Gasteiger partial charge is 0.493 e. The van der Waals surface area contributed by atoms with Crippen molar-refractivity contribution in [1.82, 2.24) is 0 Å². The van der Waals surface area contributed by atoms with E-state index in [1.54, 1.807) is 12.1 Å². The fourth-order valence-corrected chi connectivity index (χ4v) is 5.74. The maximum Gasteiger partial charge on any atom is 0.195 e. The minimum Gasteiger partial charge on any atom is -0.493 e. The number of hydrogen-bond donors (Lipinski definition) is 0. The van der Waals surface area contributed by atoms with Gasteiger partial charge in [0.15, 0.2) is 32.4 Å². The lowest BCUT2D eigenvalue weighted by atomic mass is 9.81. The summed E-state index contributed by atoms with van der Waals surface area (Å²) in [5.74, 6) is -0.222. The van der Waals surface area contributed by atoms with Crippen molar-refractivity contribution in [2.45, 2.75) is 28.9 Å². The molecule has 0 bridgehead atoms. The monoisotopic (exact) mass is 403 g/mol. The Hall–Kier alpha value is -2.74. The number of benzene rings is 2. The van der Waals surface area contributed by atoms with Crippen LogP contribution in [0.3, 0.4) is 0 Å². The molecule has 0 saturated heterocycles. The molecular weight excluding hydrogens is 385 g/mol. The van der Waals surface area contributed by atoms with Crippen LogP contribution < -0.4 is 9.47 Å². The number of ketones is 1. The molecule has 0 N–H and O–H groups in total. The third kappa shape index (κ3) is 2.88. The van der Waals surface area contributed by atoms with E-state index >= 15 is 0 Å². The van der Waals surface area contributed by atoms with Crippen molar-refractivity contribution in [3.8, 4) is 11.5 Å². The van der Waals surface area contributed by atoms with Crippen molar-refractivity contribution in [2.75, 3.05) is 14.2 Å². The molecule has 1 fully saturated rings. The number of rotatable bonds is 3. The average molecular weight is 403 g/mol. The summed E-state index contributed by atoms with van der Waals surface area (Å²) < 4.78 is 50.0. The molecule has 8 heteroatoms. The van der Waals surface area contributed by atoms with Gasteiger partial charge in [-0.25, -0.2) is 12.8 Å². The fraction of sp³-hybridized carbons (Fsp3) is 0.300. The highest BCUT2D eigenvalue weighted by Crippen LogP contribution is 2.42. The summed E-state index contributed by atoms with van der Waals surface area (Å²) in [6.07, 6.45) is 0.380. The van der Waals surface area contributed by atoms with Gasteiger partial charge in [0.2, 0.25) is 0 Å². The molecule has 1 aliphatic heterocycles. The van der Waals surface area contributed by atoms with Crippen LogP contribution in [0.15, 0.2) is 46.3 Å². The molecule has 2 aliphatic rings. The highest BCUT2D eigenvalue weighted by molar-refractivity contribution is 7.94. The first-order valence-electron chi connectivity index (χ1n) is 8.70. The molecule has 28 heavy (non-hydrogen) atoms. The lowest BCUT2D eigenvalue weighted by Crippen LogP contribution is -2.44. The molecule has 0 aromatic heterocycles. The molecular formula is C20H18FNO5S. The van der Waals surface area contributed by atoms with Gasteiger partial charge in [-0.2, -0.15) is 0 Å². The summed E-state index contributed by atoms with van der Waals surface area (Å²) in [5, 5.41) is -1.34. The minimum absolute atomic E-state index is 0.0586. The third-order valence-electron chi connectivity index (χ3n) is 5.18. The average Bonchev–Trinajstić information content (AvgIpc) is 2.67. The van der Waals surface area contributed by atoms with Gasteiger partial charge in [0.05, 0.1) is 24.8 Å². The van der Waals surface area contributed by atoms with E-state index in [1.807, 2.05) is 6.07 Å². The Morgan fingerprint density at radius 1 is 1.04 bits per heavy atom. The molecule has 0 spiro atoms. The van der Waals surface area contributed by atoms with Gasteiger partial charge in [-0.3, -0.25) is 9.79 Å². The van der Waals surface area contributed by atoms with Gasteiger partial charge in [0.1, 0.15) is 5.82 Å². The summed E-state index contributed by atoms with van der Waals surface area (Å²) in [5.41, 5.74) is 1.32. The summed E-state index contributed by atoms with van der Waals surface area (Å²) in [4.78, 5) is 17.0. The maximum atomic E-state index is 13.6. The van der Waals surface area contributed by atoms with Gasteiger partial charge in [-0.05, 0) is 48.2 Å². The van der Waals surface area contributed by atoms with E-state index in [1.165, 1.54) is 20.3 Å². The normalized spacial score (nSPS) is 22.7. The number of carbonyl (C=O) groups is 1. The highest BCUT2D eigenvalue weighted by atomic mass is 32.2. The van der Waals surface area contributed by atoms with Crippen molar-refractivity contribution in [2.24, 2.45) is 4.99 Å². The first-order chi connectivity index (χ1) is 13.3. The Bertz CT molecular complexity index is 1110. The smallest absolute Gasteiger partial charge is 0.195 e. The van der Waals surface area contributed by atoms with Gasteiger partial charge >= 0.3 is 0 Å². The van der Waals surface area contributed by atoms with Crippen LogP contribution in [0.1, 0.15) is 24.3 Å². The summed E-state index contributed by atoms with van der Waals surface area (Å²) >= 11 is 0. The van der Waals surface area contributed by atoms with Crippen LogP contribution in [0.2, 0.25) is 0 Å². The second-order valence-electron chi connectivity index (χ2n) is 6.83. The lowest BCUT2D eigenvalue weighted by Gasteiger charge is -2.32. The number of carbonyl (C=O) groups excluding carboxylic acids is 1. The fourth-order valence-electron chi connectivity index (χ4n) is 3.86. The van der Waals surface area contributed by atoms with Crippen molar-refractivity contribution in [3.63, 3.8) is 0 Å². The quantitative estimate of drug-likeness (QED) is 0.786. The Balaban J connectivity index is 1.76. The van der Waals surface area contributed by atoms with Crippen LogP contribution in [0, 0.1) is 5.82 Å². The van der Waals surface area contributed by atoms with Gasteiger partial charge in [0.25, 0.3) is 0 Å². The zero-order valence-electron chi connectivity index (χ0n) is 15.3. The number of halogens is 1. The molecule has 1 heterocycles. The van der Waals surface area contributed by atoms with E-state index in [0.29, 0.717) is 23.6 Å². The summed E-state index contributed by atoms with van der Waals surface area (Å²) in [6, 6.07) is 8.80. The van der Waals surface area contributed by atoms with E-state index < -0.39 is 26.7 Å². The standard InChI is InChI=1S/C20H18FNO5S/c1-26-17-6-3-11(9-18(17)27-2)12-7-15-20(16(23)8-12)28(24,25)19-10-13(21)4-5-14(19)22-15/h3-6,9-10,12,20H,7-8H2,1-2H3. The number of fused-ring (bicyclic) bond motifs is 2. The molecule has 0 radical (unpaired) electrons. The molecule has 4 rings (SSSR count). The van der Waals surface area contributed by atoms with Crippen molar-refractivity contribution >= 4 is 27.0 Å². The molecule has 1 aliphatic carbocycles. The van der Waals surface area contributed by atoms with Gasteiger partial charge in [-0.15, -0.1) is 0 Å². The zero-order valence-corrected chi connectivity index (χ0v) is 16.1. The predicted molar refractivity (Wildman–Crippen MR) is 101 cm³/mol. The number of sulfone groups is 1. The SMILES string of the molecule is COc1ccc(C2CC(=O)C3C(=Nc4ccc(F)cc4S3(=O)=O)C2)cc1OC. The molecule has 146 valence electrons. The first kappa shape index (κ1) is 18.6. The first-order valence-corrected chi connectivity index (χ1v) is 10.3. The van der Waals surface area contributed by atoms with E-state index in [-0.39, 0.29) is 22.9 Å². The van der Waals surface area contributed by atoms with Crippen LogP contribution >= 0.6 is 0 Å². The van der Waals surface area contributed by atoms with E-state index in [9.17, 15) is 17.6 Å². The molecule has 2 aromatic rings. The Kier molecular flexibility index (Phi) is 4.45. The van der Waals surface area contributed by atoms with Crippen LogP contribution in [0.5, 0.6) is 11.5 Å². The third-order valence-corrected chi connectivity index (χ3v) is 7.28. The molecule has 2 unspecified atom stereocenters. The topological polar surface area (TPSA) is 82.0 Å². The van der Waals surface area contributed by atoms with Crippen molar-refractivity contribution < 1.29 is 27.1 Å². The summed E-state index contributed by atoms with van der Waals surface area (Å²) in [6.45, 7) is 0. The number of ether oxygens (including phenoxy) is 2. The van der Waals surface area contributed by atoms with Gasteiger partial charge in [-0.1, -0.05) is 6.07 Å². The second kappa shape index (κ2) is 6.70. The number of aliphatic imine (C=N–C) groups is 1. The molecule has 6 nitrogen and oxygen atoms in total. The zero-order chi connectivity index (χ0) is 20.1. The van der Waals surface area contributed by atoms with E-state index in [0.717, 1.165) is 17.7 Å². The van der Waals surface area contributed by atoms with Crippen molar-refractivity contribution in [1.29, 1.82) is 0 Å². The Morgan fingerprint density at radius 3 is 2.50 bits per heavy atom. The van der Waals surface area contributed by atoms with Gasteiger partial charge < -0.3 is 9.47 Å². The van der Waals surface area contributed by atoms with Crippen LogP contribution in [-0.4, -0.2) is 39.4 Å². The number of nitrogens with zero attached hydrogens (tertiary/aromatic N) is 1. The molecule has 0 amide bonds. The van der Waals surface area contributed by atoms with E-state index in [2.05, 4.69) is 4.99 Å². The van der Waals surface area contributed by atoms with Crippen LogP contribution in [0.4, 0.5) is 10.1 Å². The lowest BCUT2D eigenvalue weighted by molar-refractivity contribution is -0.118. The maximum absolute atomic E-state index is 13.6. The van der Waals surface area contributed by atoms with E-state index in [4.69, 9.17) is 9.47 Å². The molecule has 2 aromatic carbocycles. The minimum atomic E-state index is -4.01. The second-order valence-corrected chi connectivity index (χ2v) is 8.83. The predicted octanol–water partition coefficient (Wildman–Crippen LogP) is 3.22. The number of methoxy groups -OCH3 is 2. The number of Topliss-reactive ketones (excluding diaryl/α,β-unsaturated/α-hetero) is 1. The van der Waals surface area contributed by atoms with Crippen LogP contribution in [0.25, 0.3) is 0 Å². The molecule has 2 atom stereocenters. The highest BCUT2D eigenvalue weighted by Gasteiger charge is 2.46.